The van der Waals surface area contributed by atoms with Crippen LogP contribution in [-0.2, 0) is 6.54 Å². The van der Waals surface area contributed by atoms with E-state index in [2.05, 4.69) is 37.1 Å². The normalized spacial score (nSPS) is 14.6. The number of nitrogens with zero attached hydrogens (tertiary/aromatic N) is 5. The number of rotatable bonds is 5. The summed E-state index contributed by atoms with van der Waals surface area (Å²) in [6, 6.07) is 0. The summed E-state index contributed by atoms with van der Waals surface area (Å²) >= 11 is 0. The molecule has 3 heterocycles. The average Bonchev–Trinajstić information content (AvgIpc) is 3.14. The molecule has 3 N–H and O–H groups in total. The topological polar surface area (TPSA) is 108 Å². The molecule has 0 spiro atoms. The summed E-state index contributed by atoms with van der Waals surface area (Å²) < 4.78 is 6.76. The van der Waals surface area contributed by atoms with Crippen LogP contribution in [0.5, 0.6) is 0 Å². The Hall–Kier alpha value is -2.64. The number of aryl methyl sites for hydroxylation is 1. The molecule has 114 valence electrons. The van der Waals surface area contributed by atoms with Gasteiger partial charge in [-0.3, -0.25) is 4.98 Å². The summed E-state index contributed by atoms with van der Waals surface area (Å²) in [5.74, 6) is 1.67. The van der Waals surface area contributed by atoms with Gasteiger partial charge in [0.1, 0.15) is 5.52 Å². The molecule has 4 rings (SSSR count). The Morgan fingerprint density at radius 2 is 2.23 bits per heavy atom. The van der Waals surface area contributed by atoms with Crippen molar-refractivity contribution >= 4 is 22.5 Å². The van der Waals surface area contributed by atoms with Gasteiger partial charge in [0.25, 0.3) is 0 Å². The van der Waals surface area contributed by atoms with E-state index >= 15 is 0 Å². The van der Waals surface area contributed by atoms with Gasteiger partial charge in [0.15, 0.2) is 17.3 Å². The third-order valence-corrected chi connectivity index (χ3v) is 3.97. The van der Waals surface area contributed by atoms with Crippen molar-refractivity contribution in [3.05, 3.63) is 12.4 Å². The van der Waals surface area contributed by atoms with Crippen molar-refractivity contribution in [3.63, 3.8) is 0 Å². The minimum Gasteiger partial charge on any atom is -0.382 e. The van der Waals surface area contributed by atoms with Crippen molar-refractivity contribution < 1.29 is 4.63 Å². The van der Waals surface area contributed by atoms with E-state index in [9.17, 15) is 0 Å². The first-order chi connectivity index (χ1) is 10.8. The zero-order valence-corrected chi connectivity index (χ0v) is 12.3. The van der Waals surface area contributed by atoms with Crippen LogP contribution < -0.4 is 11.1 Å². The Labute approximate surface area is 126 Å². The third kappa shape index (κ3) is 2.07. The quantitative estimate of drug-likeness (QED) is 0.740. The Bertz CT molecular complexity index is 818. The van der Waals surface area contributed by atoms with Crippen LogP contribution in [0.4, 0.5) is 11.5 Å². The van der Waals surface area contributed by atoms with E-state index in [1.54, 1.807) is 6.20 Å². The van der Waals surface area contributed by atoms with Crippen LogP contribution in [-0.4, -0.2) is 31.4 Å². The molecule has 22 heavy (non-hydrogen) atoms. The van der Waals surface area contributed by atoms with E-state index in [0.717, 1.165) is 35.7 Å². The maximum Gasteiger partial charge on any atom is 0.199 e. The lowest BCUT2D eigenvalue weighted by molar-refractivity contribution is 0.310. The third-order valence-electron chi connectivity index (χ3n) is 3.97. The van der Waals surface area contributed by atoms with E-state index in [1.165, 1.54) is 12.8 Å². The number of nitrogen functional groups attached to an aromatic ring is 1. The summed E-state index contributed by atoms with van der Waals surface area (Å²) in [6.45, 7) is 3.76. The fourth-order valence-electron chi connectivity index (χ4n) is 2.63. The van der Waals surface area contributed by atoms with Gasteiger partial charge in [0.05, 0.1) is 23.6 Å². The molecule has 0 saturated heterocycles. The highest BCUT2D eigenvalue weighted by atomic mass is 16.6. The van der Waals surface area contributed by atoms with Gasteiger partial charge in [0.2, 0.25) is 0 Å². The second-order valence-electron chi connectivity index (χ2n) is 5.56. The molecule has 0 unspecified atom stereocenters. The molecule has 0 radical (unpaired) electrons. The second kappa shape index (κ2) is 4.97. The van der Waals surface area contributed by atoms with E-state index < -0.39 is 0 Å². The number of nitrogens with two attached hydrogens (primary N) is 1. The summed E-state index contributed by atoms with van der Waals surface area (Å²) in [6.07, 6.45) is 6.19. The number of hydrogen-bond acceptors (Lipinski definition) is 7. The molecule has 1 saturated carbocycles. The number of hydrogen-bond donors (Lipinski definition) is 2. The fourth-order valence-corrected chi connectivity index (χ4v) is 2.63. The molecule has 3 aromatic rings. The zero-order valence-electron chi connectivity index (χ0n) is 12.3. The van der Waals surface area contributed by atoms with Gasteiger partial charge in [-0.1, -0.05) is 0 Å². The van der Waals surface area contributed by atoms with Crippen LogP contribution in [0.25, 0.3) is 22.6 Å². The monoisotopic (exact) mass is 299 g/mol. The number of imidazole rings is 1. The first-order valence-corrected chi connectivity index (χ1v) is 7.44. The van der Waals surface area contributed by atoms with Crippen LogP contribution in [0.1, 0.15) is 19.8 Å². The van der Waals surface area contributed by atoms with E-state index in [-0.39, 0.29) is 5.82 Å². The van der Waals surface area contributed by atoms with Gasteiger partial charge in [-0.25, -0.2) is 9.61 Å². The first-order valence-electron chi connectivity index (χ1n) is 7.44. The summed E-state index contributed by atoms with van der Waals surface area (Å²) in [5, 5.41) is 11.0. The van der Waals surface area contributed by atoms with Gasteiger partial charge in [-0.15, -0.1) is 0 Å². The van der Waals surface area contributed by atoms with Crippen LogP contribution in [0.3, 0.4) is 0 Å². The van der Waals surface area contributed by atoms with Crippen molar-refractivity contribution in [1.29, 1.82) is 0 Å². The average molecular weight is 299 g/mol. The maximum absolute atomic E-state index is 5.81. The highest BCUT2D eigenvalue weighted by Crippen LogP contribution is 2.32. The van der Waals surface area contributed by atoms with Crippen molar-refractivity contribution in [1.82, 2.24) is 24.8 Å². The maximum atomic E-state index is 5.81. The number of nitrogens with one attached hydrogen (secondary N) is 1. The van der Waals surface area contributed by atoms with E-state index in [4.69, 9.17) is 10.4 Å². The van der Waals surface area contributed by atoms with Crippen molar-refractivity contribution in [2.75, 3.05) is 17.6 Å². The number of fused-ring (bicyclic) bond motifs is 1. The molecule has 1 aliphatic rings. The Morgan fingerprint density at radius 1 is 1.36 bits per heavy atom. The Balaban J connectivity index is 1.85. The largest absolute Gasteiger partial charge is 0.382 e. The molecule has 1 fully saturated rings. The Morgan fingerprint density at radius 3 is 2.91 bits per heavy atom. The molecule has 0 amide bonds. The standard InChI is InChI=1S/C14H17N7O/c1-2-21-12-9(17-5-8-3-4-8)6-16-7-10(12)18-14(21)11-13(15)20-22-19-11/h6-8,17H,2-5H2,1H3,(H2,15,20). The number of pyridine rings is 1. The van der Waals surface area contributed by atoms with Crippen molar-refractivity contribution in [3.8, 4) is 11.5 Å². The lowest BCUT2D eigenvalue weighted by Gasteiger charge is -2.10. The predicted octanol–water partition coefficient (Wildman–Crippen LogP) is 1.91. The van der Waals surface area contributed by atoms with Crippen LogP contribution in [0.15, 0.2) is 17.0 Å². The molecule has 8 heteroatoms. The van der Waals surface area contributed by atoms with E-state index in [0.29, 0.717) is 11.5 Å². The van der Waals surface area contributed by atoms with E-state index in [1.807, 2.05) is 6.20 Å². The Kier molecular flexibility index (Phi) is 2.95. The summed E-state index contributed by atoms with van der Waals surface area (Å²) in [5.41, 5.74) is 9.08. The SMILES string of the molecule is CCn1c(-c2nonc2N)nc2cncc(NCC3CC3)c21. The summed E-state index contributed by atoms with van der Waals surface area (Å²) in [4.78, 5) is 8.88. The summed E-state index contributed by atoms with van der Waals surface area (Å²) in [7, 11) is 0. The second-order valence-corrected chi connectivity index (χ2v) is 5.56. The molecule has 0 atom stereocenters. The number of aromatic nitrogens is 5. The molecular formula is C14H17N7O. The highest BCUT2D eigenvalue weighted by Gasteiger charge is 2.23. The first kappa shape index (κ1) is 13.1. The lowest BCUT2D eigenvalue weighted by Crippen LogP contribution is -2.06. The lowest BCUT2D eigenvalue weighted by atomic mass is 10.3. The van der Waals surface area contributed by atoms with Crippen molar-refractivity contribution in [2.45, 2.75) is 26.3 Å². The van der Waals surface area contributed by atoms with Gasteiger partial charge in [0, 0.05) is 13.1 Å². The number of anilines is 2. The molecule has 3 aromatic heterocycles. The minimum atomic E-state index is 0.241. The zero-order chi connectivity index (χ0) is 15.1. The van der Waals surface area contributed by atoms with Crippen LogP contribution in [0, 0.1) is 5.92 Å². The molecule has 0 bridgehead atoms. The van der Waals surface area contributed by atoms with Crippen LogP contribution in [0.2, 0.25) is 0 Å². The van der Waals surface area contributed by atoms with Crippen LogP contribution >= 0.6 is 0 Å². The van der Waals surface area contributed by atoms with Gasteiger partial charge >= 0.3 is 0 Å². The van der Waals surface area contributed by atoms with Crippen molar-refractivity contribution in [2.24, 2.45) is 5.92 Å². The smallest absolute Gasteiger partial charge is 0.199 e. The highest BCUT2D eigenvalue weighted by molar-refractivity contribution is 5.90. The van der Waals surface area contributed by atoms with Gasteiger partial charge in [-0.2, -0.15) is 0 Å². The van der Waals surface area contributed by atoms with Gasteiger partial charge in [-0.05, 0) is 36.0 Å². The van der Waals surface area contributed by atoms with Gasteiger partial charge < -0.3 is 15.6 Å². The molecule has 0 aliphatic heterocycles. The molecule has 1 aliphatic carbocycles. The molecule has 8 nitrogen and oxygen atoms in total. The minimum absolute atomic E-state index is 0.241. The molecular weight excluding hydrogens is 282 g/mol. The fraction of sp³-hybridized carbons (Fsp3) is 0.429. The molecule has 0 aromatic carbocycles. The predicted molar refractivity (Wildman–Crippen MR) is 82.1 cm³/mol.